The fourth-order valence-electron chi connectivity index (χ4n) is 5.43. The number of rotatable bonds is 7. The number of ether oxygens (including phenoxy) is 2. The van der Waals surface area contributed by atoms with Crippen molar-refractivity contribution in [3.05, 3.63) is 52.4 Å². The van der Waals surface area contributed by atoms with Crippen LogP contribution in [0.3, 0.4) is 0 Å². The molecule has 0 saturated carbocycles. The molecular weight excluding hydrogens is 497 g/mol. The molecule has 0 spiro atoms. The second-order valence-electron chi connectivity index (χ2n) is 10.7. The van der Waals surface area contributed by atoms with Crippen molar-refractivity contribution in [2.75, 3.05) is 82.3 Å². The van der Waals surface area contributed by atoms with Crippen molar-refractivity contribution in [2.24, 2.45) is 4.99 Å². The monoisotopic (exact) mass is 533 g/mol. The van der Waals surface area contributed by atoms with Gasteiger partial charge >= 0.3 is 6.01 Å². The summed E-state index contributed by atoms with van der Waals surface area (Å²) in [6.07, 6.45) is 4.65. The summed E-state index contributed by atoms with van der Waals surface area (Å²) in [6, 6.07) is 5.62. The standard InChI is InChI=1S/C29H36FN7O2/c1-20-15-22-3-4-24(28(30)23(22)16-20)39-29-33-26(32-25-17-21(2)19-31-25)18-27(34-29)37-9-7-35(8-10-37)5-6-36-11-13-38-14-12-36/h3-4,16-18H,5-15,19H2,1-2H3,(H,31,32,33,34). The van der Waals surface area contributed by atoms with Gasteiger partial charge in [-0.25, -0.2) is 4.39 Å². The first kappa shape index (κ1) is 25.9. The van der Waals surface area contributed by atoms with Crippen LogP contribution in [0.4, 0.5) is 16.0 Å². The van der Waals surface area contributed by atoms with Crippen LogP contribution in [-0.2, 0) is 11.2 Å². The van der Waals surface area contributed by atoms with E-state index in [2.05, 4.69) is 30.0 Å². The maximum atomic E-state index is 15.3. The maximum Gasteiger partial charge on any atom is 0.326 e. The summed E-state index contributed by atoms with van der Waals surface area (Å²) in [7, 11) is 0. The molecule has 10 heteroatoms. The Morgan fingerprint density at radius 3 is 2.46 bits per heavy atom. The van der Waals surface area contributed by atoms with Crippen molar-refractivity contribution < 1.29 is 13.9 Å². The zero-order valence-electron chi connectivity index (χ0n) is 22.7. The van der Waals surface area contributed by atoms with Gasteiger partial charge in [-0.05, 0) is 43.5 Å². The van der Waals surface area contributed by atoms with E-state index >= 15 is 4.39 Å². The third-order valence-corrected chi connectivity index (χ3v) is 7.66. The molecule has 0 amide bonds. The van der Waals surface area contributed by atoms with Gasteiger partial charge in [0.25, 0.3) is 0 Å². The lowest BCUT2D eigenvalue weighted by Gasteiger charge is -2.37. The first-order chi connectivity index (χ1) is 19.0. The number of nitrogens with zero attached hydrogens (tertiary/aromatic N) is 6. The Morgan fingerprint density at radius 2 is 1.72 bits per heavy atom. The van der Waals surface area contributed by atoms with E-state index in [4.69, 9.17) is 14.5 Å². The first-order valence-corrected chi connectivity index (χ1v) is 13.8. The Bertz CT molecular complexity index is 1310. The Hall–Kier alpha value is -3.34. The highest BCUT2D eigenvalue weighted by Gasteiger charge is 2.23. The van der Waals surface area contributed by atoms with Crippen LogP contribution in [0.2, 0.25) is 0 Å². The summed E-state index contributed by atoms with van der Waals surface area (Å²) >= 11 is 0. The van der Waals surface area contributed by atoms with Gasteiger partial charge in [0.15, 0.2) is 11.6 Å². The molecule has 1 N–H and O–H groups in total. The molecular formula is C29H36FN7O2. The third-order valence-electron chi connectivity index (χ3n) is 7.66. The largest absolute Gasteiger partial charge is 0.421 e. The van der Waals surface area contributed by atoms with E-state index in [1.165, 1.54) is 5.57 Å². The molecule has 0 unspecified atom stereocenters. The SMILES string of the molecule is CC1=CC(Nc2cc(N3CCN(CCN4CCOCC4)CC3)nc(Oc3ccc4c(c3F)C=C(C)C4)n2)=NC1. The maximum absolute atomic E-state index is 15.3. The minimum atomic E-state index is -0.375. The van der Waals surface area contributed by atoms with E-state index in [9.17, 15) is 0 Å². The molecule has 0 bridgehead atoms. The molecule has 0 atom stereocenters. The van der Waals surface area contributed by atoms with Gasteiger partial charge in [-0.15, -0.1) is 0 Å². The molecule has 0 radical (unpaired) electrons. The number of piperazine rings is 1. The Balaban J connectivity index is 1.18. The van der Waals surface area contributed by atoms with Crippen LogP contribution in [0, 0.1) is 5.82 Å². The minimum absolute atomic E-state index is 0.113. The van der Waals surface area contributed by atoms with Crippen molar-refractivity contribution in [1.29, 1.82) is 0 Å². The molecule has 206 valence electrons. The predicted molar refractivity (Wildman–Crippen MR) is 151 cm³/mol. The molecule has 1 aromatic carbocycles. The second-order valence-corrected chi connectivity index (χ2v) is 10.7. The highest BCUT2D eigenvalue weighted by molar-refractivity contribution is 6.05. The van der Waals surface area contributed by atoms with Crippen molar-refractivity contribution in [3.63, 3.8) is 0 Å². The van der Waals surface area contributed by atoms with E-state index in [1.54, 1.807) is 6.07 Å². The summed E-state index contributed by atoms with van der Waals surface area (Å²) in [5.74, 6) is 1.84. The van der Waals surface area contributed by atoms with E-state index in [0.29, 0.717) is 17.9 Å². The van der Waals surface area contributed by atoms with Gasteiger partial charge in [0.05, 0.1) is 19.8 Å². The van der Waals surface area contributed by atoms with Crippen LogP contribution in [0.1, 0.15) is 25.0 Å². The van der Waals surface area contributed by atoms with Crippen LogP contribution in [-0.4, -0.2) is 97.7 Å². The van der Waals surface area contributed by atoms with E-state index in [1.807, 2.05) is 38.1 Å². The number of hydrogen-bond acceptors (Lipinski definition) is 9. The Labute approximate surface area is 229 Å². The lowest BCUT2D eigenvalue weighted by Crippen LogP contribution is -2.49. The van der Waals surface area contributed by atoms with E-state index in [0.717, 1.165) is 94.8 Å². The number of anilines is 2. The Morgan fingerprint density at radius 1 is 0.949 bits per heavy atom. The Kier molecular flexibility index (Phi) is 7.58. The number of fused-ring (bicyclic) bond motifs is 1. The van der Waals surface area contributed by atoms with E-state index in [-0.39, 0.29) is 17.6 Å². The van der Waals surface area contributed by atoms with Crippen LogP contribution in [0.5, 0.6) is 11.8 Å². The van der Waals surface area contributed by atoms with Gasteiger partial charge in [0.2, 0.25) is 0 Å². The smallest absolute Gasteiger partial charge is 0.326 e. The average molecular weight is 534 g/mol. The highest BCUT2D eigenvalue weighted by atomic mass is 19.1. The summed E-state index contributed by atoms with van der Waals surface area (Å²) in [4.78, 5) is 21.0. The van der Waals surface area contributed by atoms with Crippen LogP contribution < -0.4 is 15.0 Å². The molecule has 9 nitrogen and oxygen atoms in total. The van der Waals surface area contributed by atoms with Gasteiger partial charge in [0.1, 0.15) is 17.5 Å². The number of aromatic nitrogens is 2. The number of allylic oxidation sites excluding steroid dienone is 1. The molecule has 2 fully saturated rings. The molecule has 1 aromatic heterocycles. The number of aliphatic imine (C=N–C) groups is 1. The minimum Gasteiger partial charge on any atom is -0.421 e. The molecule has 4 aliphatic rings. The molecule has 6 rings (SSSR count). The zero-order valence-corrected chi connectivity index (χ0v) is 22.7. The quantitative estimate of drug-likeness (QED) is 0.579. The third kappa shape index (κ3) is 6.13. The molecule has 3 aliphatic heterocycles. The summed E-state index contributed by atoms with van der Waals surface area (Å²) in [5.41, 5.74) is 3.88. The highest BCUT2D eigenvalue weighted by Crippen LogP contribution is 2.34. The van der Waals surface area contributed by atoms with Gasteiger partial charge in [-0.2, -0.15) is 9.97 Å². The molecule has 4 heterocycles. The zero-order chi connectivity index (χ0) is 26.8. The normalized spacial score (nSPS) is 20.0. The van der Waals surface area contributed by atoms with Crippen molar-refractivity contribution >= 4 is 23.5 Å². The van der Waals surface area contributed by atoms with Crippen molar-refractivity contribution in [3.8, 4) is 11.8 Å². The fourth-order valence-corrected chi connectivity index (χ4v) is 5.43. The lowest BCUT2D eigenvalue weighted by atomic mass is 10.1. The van der Waals surface area contributed by atoms with Crippen LogP contribution in [0.25, 0.3) is 6.08 Å². The van der Waals surface area contributed by atoms with Gasteiger partial charge in [-0.3, -0.25) is 14.8 Å². The molecule has 2 saturated heterocycles. The number of halogens is 1. The van der Waals surface area contributed by atoms with Crippen molar-refractivity contribution in [2.45, 2.75) is 20.3 Å². The second kappa shape index (κ2) is 11.4. The average Bonchev–Trinajstić information content (AvgIpc) is 3.54. The summed E-state index contributed by atoms with van der Waals surface area (Å²) in [5, 5.41) is 3.29. The summed E-state index contributed by atoms with van der Waals surface area (Å²) < 4.78 is 26.8. The van der Waals surface area contributed by atoms with Crippen molar-refractivity contribution in [1.82, 2.24) is 19.8 Å². The lowest BCUT2D eigenvalue weighted by molar-refractivity contribution is 0.0331. The number of amidine groups is 1. The summed E-state index contributed by atoms with van der Waals surface area (Å²) in [6.45, 7) is 14.1. The number of hydrogen-bond donors (Lipinski definition) is 1. The number of benzene rings is 1. The first-order valence-electron chi connectivity index (χ1n) is 13.8. The molecule has 1 aliphatic carbocycles. The molecule has 39 heavy (non-hydrogen) atoms. The van der Waals surface area contributed by atoms with Gasteiger partial charge < -0.3 is 19.7 Å². The van der Waals surface area contributed by atoms with E-state index < -0.39 is 0 Å². The number of nitrogens with one attached hydrogen (secondary N) is 1. The fraction of sp³-hybridized carbons (Fsp3) is 0.483. The molecule has 2 aromatic rings. The van der Waals surface area contributed by atoms with Gasteiger partial charge in [-0.1, -0.05) is 17.7 Å². The number of morpholine rings is 1. The predicted octanol–water partition coefficient (Wildman–Crippen LogP) is 3.59. The van der Waals surface area contributed by atoms with Crippen LogP contribution >= 0.6 is 0 Å². The topological polar surface area (TPSA) is 78.4 Å². The van der Waals surface area contributed by atoms with Crippen LogP contribution in [0.15, 0.2) is 40.4 Å². The van der Waals surface area contributed by atoms with Gasteiger partial charge in [0, 0.05) is 64.0 Å².